The van der Waals surface area contributed by atoms with E-state index in [0.29, 0.717) is 45.5 Å². The van der Waals surface area contributed by atoms with E-state index in [-0.39, 0.29) is 23.6 Å². The van der Waals surface area contributed by atoms with Crippen molar-refractivity contribution in [3.63, 3.8) is 0 Å². The van der Waals surface area contributed by atoms with E-state index in [1.807, 2.05) is 13.8 Å². The molecular formula is C24H25ClFN3O3S. The van der Waals surface area contributed by atoms with Crippen LogP contribution in [0.25, 0.3) is 10.9 Å². The minimum Gasteiger partial charge on any atom is -0.376 e. The smallest absolute Gasteiger partial charge is 0.262 e. The van der Waals surface area contributed by atoms with Gasteiger partial charge < -0.3 is 10.1 Å². The zero-order valence-corrected chi connectivity index (χ0v) is 20.0. The molecular weight excluding hydrogens is 465 g/mol. The molecule has 1 aliphatic heterocycles. The monoisotopic (exact) mass is 489 g/mol. The normalized spacial score (nSPS) is 16.0. The van der Waals surface area contributed by atoms with Crippen molar-refractivity contribution >= 4 is 40.2 Å². The van der Waals surface area contributed by atoms with Gasteiger partial charge in [0.2, 0.25) is 0 Å². The van der Waals surface area contributed by atoms with Gasteiger partial charge in [-0.05, 0) is 62.6 Å². The van der Waals surface area contributed by atoms with Gasteiger partial charge in [0.05, 0.1) is 23.6 Å². The Morgan fingerprint density at radius 1 is 1.33 bits per heavy atom. The highest BCUT2D eigenvalue weighted by Crippen LogP contribution is 2.28. The molecule has 1 aliphatic rings. The Morgan fingerprint density at radius 3 is 2.85 bits per heavy atom. The fourth-order valence-corrected chi connectivity index (χ4v) is 5.06. The summed E-state index contributed by atoms with van der Waals surface area (Å²) < 4.78 is 20.8. The van der Waals surface area contributed by atoms with E-state index in [0.717, 1.165) is 18.4 Å². The maximum Gasteiger partial charge on any atom is 0.262 e. The number of rotatable bonds is 7. The molecule has 4 rings (SSSR count). The van der Waals surface area contributed by atoms with E-state index in [1.165, 1.54) is 23.9 Å². The van der Waals surface area contributed by atoms with Crippen LogP contribution < -0.4 is 10.9 Å². The van der Waals surface area contributed by atoms with Crippen LogP contribution in [0.3, 0.4) is 0 Å². The lowest BCUT2D eigenvalue weighted by Gasteiger charge is -2.17. The Hall–Kier alpha value is -2.42. The lowest BCUT2D eigenvalue weighted by atomic mass is 10.1. The van der Waals surface area contributed by atoms with Crippen LogP contribution in [0.1, 0.15) is 42.6 Å². The summed E-state index contributed by atoms with van der Waals surface area (Å²) in [5.74, 6) is -0.208. The van der Waals surface area contributed by atoms with Crippen molar-refractivity contribution in [2.45, 2.75) is 56.3 Å². The fraction of sp³-hybridized carbons (Fsp3) is 0.375. The van der Waals surface area contributed by atoms with Crippen molar-refractivity contribution in [1.29, 1.82) is 0 Å². The standard InChI is InChI=1S/C24H25ClFN3O3S/c1-14(2)27-22(30)15-6-8-19-21(10-15)28-24(29(23(19)31)12-18-4-3-9-32-18)33-13-16-5-7-17(26)11-20(16)25/h5-8,10-11,14,18H,3-4,9,12-13H2,1-2H3,(H,27,30). The Labute approximate surface area is 200 Å². The number of amides is 1. The summed E-state index contributed by atoms with van der Waals surface area (Å²) in [5.41, 5.74) is 1.45. The third kappa shape index (κ3) is 5.57. The molecule has 6 nitrogen and oxygen atoms in total. The number of aromatic nitrogens is 2. The molecule has 174 valence electrons. The lowest BCUT2D eigenvalue weighted by Crippen LogP contribution is -2.31. The number of nitrogens with one attached hydrogen (secondary N) is 1. The van der Waals surface area contributed by atoms with Gasteiger partial charge >= 0.3 is 0 Å². The molecule has 1 unspecified atom stereocenters. The molecule has 0 bridgehead atoms. The highest BCUT2D eigenvalue weighted by Gasteiger charge is 2.21. The Bertz CT molecular complexity index is 1240. The molecule has 0 aliphatic carbocycles. The van der Waals surface area contributed by atoms with Crippen molar-refractivity contribution in [1.82, 2.24) is 14.9 Å². The highest BCUT2D eigenvalue weighted by atomic mass is 35.5. The van der Waals surface area contributed by atoms with Gasteiger partial charge in [-0.2, -0.15) is 0 Å². The second-order valence-electron chi connectivity index (χ2n) is 8.33. The van der Waals surface area contributed by atoms with Gasteiger partial charge in [-0.15, -0.1) is 0 Å². The zero-order valence-electron chi connectivity index (χ0n) is 18.4. The van der Waals surface area contributed by atoms with Crippen molar-refractivity contribution in [2.24, 2.45) is 0 Å². The fourth-order valence-electron chi connectivity index (χ4n) is 3.73. The van der Waals surface area contributed by atoms with Gasteiger partial charge in [-0.3, -0.25) is 14.2 Å². The third-order valence-corrected chi connectivity index (χ3v) is 6.76. The predicted octanol–water partition coefficient (Wildman–Crippen LogP) is 4.80. The van der Waals surface area contributed by atoms with Gasteiger partial charge in [0.25, 0.3) is 11.5 Å². The number of carbonyl (C=O) groups is 1. The molecule has 33 heavy (non-hydrogen) atoms. The first-order valence-corrected chi connectivity index (χ1v) is 12.2. The van der Waals surface area contributed by atoms with E-state index in [4.69, 9.17) is 21.3 Å². The second-order valence-corrected chi connectivity index (χ2v) is 9.68. The van der Waals surface area contributed by atoms with Crippen LogP contribution >= 0.6 is 23.4 Å². The lowest BCUT2D eigenvalue weighted by molar-refractivity contribution is 0.0937. The zero-order chi connectivity index (χ0) is 23.5. The van der Waals surface area contributed by atoms with E-state index in [9.17, 15) is 14.0 Å². The number of nitrogens with zero attached hydrogens (tertiary/aromatic N) is 2. The van der Waals surface area contributed by atoms with Gasteiger partial charge in [-0.1, -0.05) is 29.4 Å². The SMILES string of the molecule is CC(C)NC(=O)c1ccc2c(=O)n(CC3CCCO3)c(SCc3ccc(F)cc3Cl)nc2c1. The number of hydrogen-bond acceptors (Lipinski definition) is 5. The molecule has 9 heteroatoms. The molecule has 1 N–H and O–H groups in total. The van der Waals surface area contributed by atoms with Crippen molar-refractivity contribution in [2.75, 3.05) is 6.61 Å². The van der Waals surface area contributed by atoms with E-state index in [2.05, 4.69) is 5.32 Å². The molecule has 1 saturated heterocycles. The first-order valence-electron chi connectivity index (χ1n) is 10.9. The molecule has 1 fully saturated rings. The quantitative estimate of drug-likeness (QED) is 0.381. The summed E-state index contributed by atoms with van der Waals surface area (Å²) in [5, 5.41) is 4.12. The van der Waals surface area contributed by atoms with Gasteiger partial charge in [0.1, 0.15) is 5.82 Å². The molecule has 0 saturated carbocycles. The first-order chi connectivity index (χ1) is 15.8. The van der Waals surface area contributed by atoms with Crippen LogP contribution in [-0.4, -0.2) is 34.2 Å². The van der Waals surface area contributed by atoms with Crippen LogP contribution in [0.5, 0.6) is 0 Å². The molecule has 0 spiro atoms. The van der Waals surface area contributed by atoms with Crippen molar-refractivity contribution < 1.29 is 13.9 Å². The van der Waals surface area contributed by atoms with E-state index in [1.54, 1.807) is 28.8 Å². The molecule has 1 aromatic heterocycles. The number of hydrogen-bond donors (Lipinski definition) is 1. The Balaban J connectivity index is 1.72. The molecule has 3 aromatic rings. The van der Waals surface area contributed by atoms with Crippen LogP contribution in [0.15, 0.2) is 46.3 Å². The number of fused-ring (bicyclic) bond motifs is 1. The average molecular weight is 490 g/mol. The Morgan fingerprint density at radius 2 is 2.15 bits per heavy atom. The van der Waals surface area contributed by atoms with Gasteiger partial charge in [0, 0.05) is 29.0 Å². The average Bonchev–Trinajstić information content (AvgIpc) is 3.28. The first kappa shape index (κ1) is 23.7. The molecule has 2 aromatic carbocycles. The summed E-state index contributed by atoms with van der Waals surface area (Å²) in [7, 11) is 0. The van der Waals surface area contributed by atoms with E-state index < -0.39 is 5.82 Å². The van der Waals surface area contributed by atoms with Gasteiger partial charge in [-0.25, -0.2) is 9.37 Å². The van der Waals surface area contributed by atoms with Crippen molar-refractivity contribution in [3.8, 4) is 0 Å². The summed E-state index contributed by atoms with van der Waals surface area (Å²) >= 11 is 7.54. The number of halogens is 2. The molecule has 1 atom stereocenters. The van der Waals surface area contributed by atoms with Crippen LogP contribution in [0.4, 0.5) is 4.39 Å². The largest absolute Gasteiger partial charge is 0.376 e. The molecule has 2 heterocycles. The van der Waals surface area contributed by atoms with Crippen LogP contribution in [-0.2, 0) is 17.0 Å². The summed E-state index contributed by atoms with van der Waals surface area (Å²) in [4.78, 5) is 30.6. The number of benzene rings is 2. The topological polar surface area (TPSA) is 73.2 Å². The molecule has 1 amide bonds. The van der Waals surface area contributed by atoms with E-state index >= 15 is 0 Å². The van der Waals surface area contributed by atoms with Crippen LogP contribution in [0.2, 0.25) is 5.02 Å². The van der Waals surface area contributed by atoms with Crippen molar-refractivity contribution in [3.05, 3.63) is 68.7 Å². The second kappa shape index (κ2) is 10.2. The molecule has 0 radical (unpaired) electrons. The number of thioether (sulfide) groups is 1. The maximum absolute atomic E-state index is 13.4. The van der Waals surface area contributed by atoms with Gasteiger partial charge in [0.15, 0.2) is 5.16 Å². The minimum absolute atomic E-state index is 0.00728. The summed E-state index contributed by atoms with van der Waals surface area (Å²) in [6.07, 6.45) is 1.79. The van der Waals surface area contributed by atoms with Crippen LogP contribution in [0, 0.1) is 5.82 Å². The Kier molecular flexibility index (Phi) is 7.36. The third-order valence-electron chi connectivity index (χ3n) is 5.38. The minimum atomic E-state index is -0.403. The summed E-state index contributed by atoms with van der Waals surface area (Å²) in [6, 6.07) is 9.18. The number of carbonyl (C=O) groups excluding carboxylic acids is 1. The maximum atomic E-state index is 13.4. The summed E-state index contributed by atoms with van der Waals surface area (Å²) in [6.45, 7) is 4.85. The highest BCUT2D eigenvalue weighted by molar-refractivity contribution is 7.98. The number of ether oxygens (including phenoxy) is 1. The predicted molar refractivity (Wildman–Crippen MR) is 129 cm³/mol.